The maximum Gasteiger partial charge on any atom is 0.269 e. The van der Waals surface area contributed by atoms with Gasteiger partial charge >= 0.3 is 0 Å². The van der Waals surface area contributed by atoms with Gasteiger partial charge in [0, 0.05) is 24.3 Å². The van der Waals surface area contributed by atoms with Crippen LogP contribution in [0, 0.1) is 17.0 Å². The quantitative estimate of drug-likeness (QED) is 0.293. The molecule has 3 rings (SSSR count). The molecule has 0 bridgehead atoms. The molecule has 0 radical (unpaired) electrons. The van der Waals surface area contributed by atoms with Gasteiger partial charge in [-0.2, -0.15) is 0 Å². The highest BCUT2D eigenvalue weighted by Gasteiger charge is 2.13. The third kappa shape index (κ3) is 4.71. The van der Waals surface area contributed by atoms with E-state index >= 15 is 0 Å². The molecule has 5 nitrogen and oxygen atoms in total. The Morgan fingerprint density at radius 3 is 2.25 bits per heavy atom. The highest BCUT2D eigenvalue weighted by Crippen LogP contribution is 2.21. The Hall–Kier alpha value is -3.73. The van der Waals surface area contributed by atoms with Crippen LogP contribution in [0.4, 0.5) is 5.69 Å². The van der Waals surface area contributed by atoms with Crippen LogP contribution in [0.3, 0.4) is 0 Å². The SMILES string of the molecule is Cc1ccccc1CNC(=O)/C(=C/c1ccc([N+](=O)[O-])cc1)c1ccccc1. The Morgan fingerprint density at radius 1 is 0.964 bits per heavy atom. The summed E-state index contributed by atoms with van der Waals surface area (Å²) in [5, 5.41) is 13.8. The largest absolute Gasteiger partial charge is 0.348 e. The van der Waals surface area contributed by atoms with E-state index in [1.165, 1.54) is 12.1 Å². The number of hydrogen-bond donors (Lipinski definition) is 1. The molecule has 0 unspecified atom stereocenters. The fourth-order valence-corrected chi connectivity index (χ4v) is 2.84. The second-order valence-electron chi connectivity index (χ2n) is 6.38. The van der Waals surface area contributed by atoms with E-state index in [9.17, 15) is 14.9 Å². The van der Waals surface area contributed by atoms with E-state index < -0.39 is 4.92 Å². The first kappa shape index (κ1) is 19.0. The van der Waals surface area contributed by atoms with Crippen LogP contribution in [0.25, 0.3) is 11.6 Å². The first-order valence-electron chi connectivity index (χ1n) is 8.89. The Bertz CT molecular complexity index is 1010. The minimum atomic E-state index is -0.444. The minimum Gasteiger partial charge on any atom is -0.348 e. The molecule has 28 heavy (non-hydrogen) atoms. The normalized spacial score (nSPS) is 11.1. The van der Waals surface area contributed by atoms with Crippen molar-refractivity contribution < 1.29 is 9.72 Å². The van der Waals surface area contributed by atoms with Crippen LogP contribution in [0.1, 0.15) is 22.3 Å². The van der Waals surface area contributed by atoms with Crippen molar-refractivity contribution in [1.82, 2.24) is 5.32 Å². The van der Waals surface area contributed by atoms with Crippen LogP contribution in [0.5, 0.6) is 0 Å². The molecule has 1 N–H and O–H groups in total. The molecule has 0 saturated carbocycles. The average Bonchev–Trinajstić information content (AvgIpc) is 2.72. The number of rotatable bonds is 6. The summed E-state index contributed by atoms with van der Waals surface area (Å²) in [4.78, 5) is 23.3. The van der Waals surface area contributed by atoms with Crippen LogP contribution in [0.15, 0.2) is 78.9 Å². The summed E-state index contributed by atoms with van der Waals surface area (Å²) in [5.41, 5.74) is 4.19. The summed E-state index contributed by atoms with van der Waals surface area (Å²) < 4.78 is 0. The lowest BCUT2D eigenvalue weighted by Gasteiger charge is -2.11. The van der Waals surface area contributed by atoms with Gasteiger partial charge in [0.05, 0.1) is 4.92 Å². The fourth-order valence-electron chi connectivity index (χ4n) is 2.84. The molecule has 0 aliphatic heterocycles. The average molecular weight is 372 g/mol. The van der Waals surface area contributed by atoms with Gasteiger partial charge in [-0.25, -0.2) is 0 Å². The van der Waals surface area contributed by atoms with Crippen molar-refractivity contribution >= 4 is 23.2 Å². The van der Waals surface area contributed by atoms with Crippen LogP contribution >= 0.6 is 0 Å². The number of nitro groups is 1. The van der Waals surface area contributed by atoms with Crippen molar-refractivity contribution in [2.75, 3.05) is 0 Å². The molecule has 0 fully saturated rings. The number of nitrogens with zero attached hydrogens (tertiary/aromatic N) is 1. The van der Waals surface area contributed by atoms with Crippen molar-refractivity contribution in [3.8, 4) is 0 Å². The molecule has 0 aliphatic rings. The Morgan fingerprint density at radius 2 is 1.61 bits per heavy atom. The van der Waals surface area contributed by atoms with Crippen molar-refractivity contribution in [2.45, 2.75) is 13.5 Å². The molecule has 3 aromatic carbocycles. The molecule has 0 aromatic heterocycles. The first-order chi connectivity index (χ1) is 13.5. The Kier molecular flexibility index (Phi) is 5.97. The number of nitro benzene ring substituents is 1. The van der Waals surface area contributed by atoms with Gasteiger partial charge in [0.25, 0.3) is 11.6 Å². The van der Waals surface area contributed by atoms with Gasteiger partial charge in [0.2, 0.25) is 0 Å². The summed E-state index contributed by atoms with van der Waals surface area (Å²) in [6.07, 6.45) is 1.74. The van der Waals surface area contributed by atoms with Crippen LogP contribution < -0.4 is 5.32 Å². The summed E-state index contributed by atoms with van der Waals surface area (Å²) in [6.45, 7) is 2.43. The number of amides is 1. The lowest BCUT2D eigenvalue weighted by atomic mass is 10.0. The highest BCUT2D eigenvalue weighted by molar-refractivity contribution is 6.24. The second-order valence-corrected chi connectivity index (χ2v) is 6.38. The summed E-state index contributed by atoms with van der Waals surface area (Å²) >= 11 is 0. The van der Waals surface area contributed by atoms with Crippen molar-refractivity contribution in [3.05, 3.63) is 111 Å². The molecule has 0 heterocycles. The Labute approximate surface area is 163 Å². The number of nitrogens with one attached hydrogen (secondary N) is 1. The predicted molar refractivity (Wildman–Crippen MR) is 110 cm³/mol. The fraction of sp³-hybridized carbons (Fsp3) is 0.0870. The number of aryl methyl sites for hydroxylation is 1. The van der Waals surface area contributed by atoms with Gasteiger partial charge in [-0.1, -0.05) is 54.6 Å². The van der Waals surface area contributed by atoms with E-state index in [4.69, 9.17) is 0 Å². The number of hydrogen-bond acceptors (Lipinski definition) is 3. The van der Waals surface area contributed by atoms with E-state index in [1.54, 1.807) is 18.2 Å². The van der Waals surface area contributed by atoms with Gasteiger partial charge in [-0.3, -0.25) is 14.9 Å². The highest BCUT2D eigenvalue weighted by atomic mass is 16.6. The molecule has 0 aliphatic carbocycles. The number of carbonyl (C=O) groups is 1. The van der Waals surface area contributed by atoms with Gasteiger partial charge in [-0.05, 0) is 47.4 Å². The number of non-ortho nitro benzene ring substituents is 1. The Balaban J connectivity index is 1.87. The monoisotopic (exact) mass is 372 g/mol. The molecule has 3 aromatic rings. The van der Waals surface area contributed by atoms with Gasteiger partial charge in [0.1, 0.15) is 0 Å². The van der Waals surface area contributed by atoms with E-state index in [0.717, 1.165) is 22.3 Å². The third-order valence-corrected chi connectivity index (χ3v) is 4.44. The second kappa shape index (κ2) is 8.77. The molecular weight excluding hydrogens is 352 g/mol. The zero-order chi connectivity index (χ0) is 19.9. The van der Waals surface area contributed by atoms with Crippen molar-refractivity contribution in [2.24, 2.45) is 0 Å². The summed E-state index contributed by atoms with van der Waals surface area (Å²) in [5.74, 6) is -0.201. The van der Waals surface area contributed by atoms with Gasteiger partial charge in [0.15, 0.2) is 0 Å². The molecule has 0 spiro atoms. The predicted octanol–water partition coefficient (Wildman–Crippen LogP) is 4.76. The van der Waals surface area contributed by atoms with Crippen LogP contribution in [-0.2, 0) is 11.3 Å². The zero-order valence-electron chi connectivity index (χ0n) is 15.5. The molecular formula is C23H20N2O3. The number of carbonyl (C=O) groups excluding carboxylic acids is 1. The maximum atomic E-state index is 12.9. The van der Waals surface area contributed by atoms with E-state index in [2.05, 4.69) is 5.32 Å². The van der Waals surface area contributed by atoms with Crippen LogP contribution in [-0.4, -0.2) is 10.8 Å². The first-order valence-corrected chi connectivity index (χ1v) is 8.89. The van der Waals surface area contributed by atoms with E-state index in [0.29, 0.717) is 12.1 Å². The van der Waals surface area contributed by atoms with Crippen LogP contribution in [0.2, 0.25) is 0 Å². The molecule has 1 amide bonds. The van der Waals surface area contributed by atoms with E-state index in [-0.39, 0.29) is 11.6 Å². The zero-order valence-corrected chi connectivity index (χ0v) is 15.5. The maximum absolute atomic E-state index is 12.9. The summed E-state index contributed by atoms with van der Waals surface area (Å²) in [7, 11) is 0. The number of benzene rings is 3. The van der Waals surface area contributed by atoms with Crippen molar-refractivity contribution in [3.63, 3.8) is 0 Å². The molecule has 0 atom stereocenters. The smallest absolute Gasteiger partial charge is 0.269 e. The minimum absolute atomic E-state index is 0.0161. The molecule has 5 heteroatoms. The lowest BCUT2D eigenvalue weighted by Crippen LogP contribution is -2.24. The van der Waals surface area contributed by atoms with Gasteiger partial charge in [-0.15, -0.1) is 0 Å². The summed E-state index contributed by atoms with van der Waals surface area (Å²) in [6, 6.07) is 23.4. The van der Waals surface area contributed by atoms with Gasteiger partial charge < -0.3 is 5.32 Å². The topological polar surface area (TPSA) is 72.2 Å². The standard InChI is InChI=1S/C23H20N2O3/c1-17-7-5-6-10-20(17)16-24-23(26)22(19-8-3-2-4-9-19)15-18-11-13-21(14-12-18)25(27)28/h2-15H,16H2,1H3,(H,24,26)/b22-15+. The lowest BCUT2D eigenvalue weighted by molar-refractivity contribution is -0.384. The van der Waals surface area contributed by atoms with Crippen molar-refractivity contribution in [1.29, 1.82) is 0 Å². The molecule has 140 valence electrons. The van der Waals surface area contributed by atoms with E-state index in [1.807, 2.05) is 61.5 Å². The third-order valence-electron chi connectivity index (χ3n) is 4.44. The molecule has 0 saturated heterocycles.